The van der Waals surface area contributed by atoms with Gasteiger partial charge in [-0.1, -0.05) is 42.1 Å². The third kappa shape index (κ3) is 3.33. The molecule has 0 spiro atoms. The zero-order valence-corrected chi connectivity index (χ0v) is 14.6. The Morgan fingerprint density at radius 3 is 2.72 bits per heavy atom. The predicted octanol–water partition coefficient (Wildman–Crippen LogP) is 4.38. The number of thiazole rings is 1. The maximum atomic E-state index is 10.9. The van der Waals surface area contributed by atoms with Gasteiger partial charge in [0.1, 0.15) is 0 Å². The number of hydrogen-bond donors (Lipinski definition) is 1. The second kappa shape index (κ2) is 6.78. The van der Waals surface area contributed by atoms with Crippen LogP contribution in [-0.2, 0) is 4.79 Å². The van der Waals surface area contributed by atoms with E-state index in [4.69, 9.17) is 14.6 Å². The van der Waals surface area contributed by atoms with Crippen molar-refractivity contribution >= 4 is 29.1 Å². The van der Waals surface area contributed by atoms with E-state index < -0.39 is 5.97 Å². The minimum atomic E-state index is -0.855. The second-order valence-electron chi connectivity index (χ2n) is 5.27. The zero-order valence-electron chi connectivity index (χ0n) is 13.0. The van der Waals surface area contributed by atoms with Gasteiger partial charge in [0.05, 0.1) is 16.3 Å². The van der Waals surface area contributed by atoms with Crippen molar-refractivity contribution < 1.29 is 19.4 Å². The van der Waals surface area contributed by atoms with Gasteiger partial charge in [-0.15, -0.1) is 11.3 Å². The molecule has 0 fully saturated rings. The van der Waals surface area contributed by atoms with Crippen LogP contribution in [0.2, 0.25) is 0 Å². The van der Waals surface area contributed by atoms with E-state index in [2.05, 4.69) is 4.98 Å². The van der Waals surface area contributed by atoms with Crippen molar-refractivity contribution in [2.45, 2.75) is 4.34 Å². The number of rotatable bonds is 5. The minimum absolute atomic E-state index is 0.0116. The second-order valence-corrected chi connectivity index (χ2v) is 7.50. The summed E-state index contributed by atoms with van der Waals surface area (Å²) in [5.41, 5.74) is 2.81. The van der Waals surface area contributed by atoms with E-state index in [1.54, 1.807) is 0 Å². The summed E-state index contributed by atoms with van der Waals surface area (Å²) in [6.07, 6.45) is 0. The van der Waals surface area contributed by atoms with Crippen molar-refractivity contribution in [3.8, 4) is 33.2 Å². The lowest BCUT2D eigenvalue weighted by molar-refractivity contribution is -0.133. The van der Waals surface area contributed by atoms with Crippen molar-refractivity contribution in [2.24, 2.45) is 0 Å². The van der Waals surface area contributed by atoms with Crippen LogP contribution >= 0.6 is 23.1 Å². The summed E-state index contributed by atoms with van der Waals surface area (Å²) in [7, 11) is 0. The summed E-state index contributed by atoms with van der Waals surface area (Å²) in [6, 6.07) is 15.7. The Kier molecular flexibility index (Phi) is 4.33. The van der Waals surface area contributed by atoms with Crippen LogP contribution in [0.4, 0.5) is 0 Å². The van der Waals surface area contributed by atoms with Crippen LogP contribution in [-0.4, -0.2) is 28.6 Å². The molecule has 0 amide bonds. The standard InChI is InChI=1S/C18H13NO4S2/c20-15(21)9-24-18-19-16(11-4-2-1-3-5-11)17(25-18)12-6-7-13-14(8-12)23-10-22-13/h1-8H,9-10H2,(H,20,21). The largest absolute Gasteiger partial charge is 0.481 e. The number of carbonyl (C=O) groups is 1. The molecule has 1 aliphatic heterocycles. The molecule has 1 aromatic heterocycles. The Hall–Kier alpha value is -2.51. The van der Waals surface area contributed by atoms with Gasteiger partial charge >= 0.3 is 5.97 Å². The monoisotopic (exact) mass is 371 g/mol. The van der Waals surface area contributed by atoms with E-state index in [-0.39, 0.29) is 12.5 Å². The molecule has 0 saturated heterocycles. The first kappa shape index (κ1) is 16.0. The lowest BCUT2D eigenvalue weighted by Gasteiger charge is -2.04. The van der Waals surface area contributed by atoms with Crippen LogP contribution in [0.25, 0.3) is 21.7 Å². The highest BCUT2D eigenvalue weighted by Crippen LogP contribution is 2.43. The highest BCUT2D eigenvalue weighted by atomic mass is 32.2. The fourth-order valence-electron chi connectivity index (χ4n) is 2.51. The fourth-order valence-corrected chi connectivity index (χ4v) is 4.39. The Morgan fingerprint density at radius 2 is 1.92 bits per heavy atom. The first-order valence-corrected chi connectivity index (χ1v) is 9.32. The number of benzene rings is 2. The van der Waals surface area contributed by atoms with E-state index in [1.165, 1.54) is 23.1 Å². The number of aliphatic carboxylic acids is 1. The van der Waals surface area contributed by atoms with E-state index >= 15 is 0 Å². The number of aromatic nitrogens is 1. The third-order valence-corrected chi connectivity index (χ3v) is 5.84. The van der Waals surface area contributed by atoms with Crippen molar-refractivity contribution in [2.75, 3.05) is 12.5 Å². The van der Waals surface area contributed by atoms with Gasteiger partial charge in [0.15, 0.2) is 15.8 Å². The predicted molar refractivity (Wildman–Crippen MR) is 97.5 cm³/mol. The zero-order chi connectivity index (χ0) is 17.2. The topological polar surface area (TPSA) is 68.7 Å². The van der Waals surface area contributed by atoms with Gasteiger partial charge in [-0.3, -0.25) is 4.79 Å². The maximum absolute atomic E-state index is 10.9. The number of fused-ring (bicyclic) bond motifs is 1. The molecule has 1 aliphatic rings. The third-order valence-electron chi connectivity index (χ3n) is 3.61. The lowest BCUT2D eigenvalue weighted by atomic mass is 10.1. The van der Waals surface area contributed by atoms with Gasteiger partial charge in [-0.25, -0.2) is 4.98 Å². The Bertz CT molecular complexity index is 924. The first-order valence-electron chi connectivity index (χ1n) is 7.51. The molecule has 2 aromatic carbocycles. The Labute approximate surface area is 152 Å². The summed E-state index contributed by atoms with van der Waals surface area (Å²) in [5.74, 6) is 0.577. The smallest absolute Gasteiger partial charge is 0.313 e. The highest BCUT2D eigenvalue weighted by molar-refractivity contribution is 8.01. The van der Waals surface area contributed by atoms with Gasteiger partial charge < -0.3 is 14.6 Å². The lowest BCUT2D eigenvalue weighted by Crippen LogP contribution is -1.96. The Balaban J connectivity index is 1.78. The Morgan fingerprint density at radius 1 is 1.12 bits per heavy atom. The van der Waals surface area contributed by atoms with Gasteiger partial charge in [0.2, 0.25) is 6.79 Å². The van der Waals surface area contributed by atoms with Gasteiger partial charge in [0, 0.05) is 5.56 Å². The van der Waals surface area contributed by atoms with Gasteiger partial charge in [0.25, 0.3) is 0 Å². The van der Waals surface area contributed by atoms with E-state index in [9.17, 15) is 4.79 Å². The first-order chi connectivity index (χ1) is 12.2. The summed E-state index contributed by atoms with van der Waals surface area (Å²) < 4.78 is 11.6. The molecule has 0 atom stereocenters. The quantitative estimate of drug-likeness (QED) is 0.671. The molecule has 5 nitrogen and oxygen atoms in total. The molecule has 0 bridgehead atoms. The fraction of sp³-hybridized carbons (Fsp3) is 0.111. The van der Waals surface area contributed by atoms with Gasteiger partial charge in [-0.2, -0.15) is 0 Å². The molecule has 0 radical (unpaired) electrons. The normalized spacial score (nSPS) is 12.3. The number of carboxylic acid groups (broad SMARTS) is 1. The summed E-state index contributed by atoms with van der Waals surface area (Å²) in [6.45, 7) is 0.229. The molecule has 3 aromatic rings. The van der Waals surface area contributed by atoms with Crippen molar-refractivity contribution in [3.63, 3.8) is 0 Å². The molecule has 2 heterocycles. The summed E-state index contributed by atoms with van der Waals surface area (Å²) in [4.78, 5) is 16.5. The molecular weight excluding hydrogens is 358 g/mol. The average Bonchev–Trinajstić information content (AvgIpc) is 3.27. The van der Waals surface area contributed by atoms with E-state index in [1.807, 2.05) is 48.5 Å². The molecule has 126 valence electrons. The molecule has 7 heteroatoms. The molecule has 25 heavy (non-hydrogen) atoms. The number of hydrogen-bond acceptors (Lipinski definition) is 6. The molecule has 0 aliphatic carbocycles. The molecule has 4 rings (SSSR count). The summed E-state index contributed by atoms with van der Waals surface area (Å²) in [5, 5.41) is 8.92. The number of nitrogens with zero attached hydrogens (tertiary/aromatic N) is 1. The minimum Gasteiger partial charge on any atom is -0.481 e. The van der Waals surface area contributed by atoms with Crippen molar-refractivity contribution in [1.29, 1.82) is 0 Å². The van der Waals surface area contributed by atoms with Gasteiger partial charge in [-0.05, 0) is 23.8 Å². The van der Waals surface area contributed by atoms with E-state index in [0.29, 0.717) is 5.75 Å². The molecule has 0 unspecified atom stereocenters. The maximum Gasteiger partial charge on any atom is 0.313 e. The average molecular weight is 371 g/mol. The molecule has 1 N–H and O–H groups in total. The molecular formula is C18H13NO4S2. The van der Waals surface area contributed by atoms with Crippen molar-refractivity contribution in [3.05, 3.63) is 48.5 Å². The van der Waals surface area contributed by atoms with E-state index in [0.717, 1.165) is 31.8 Å². The van der Waals surface area contributed by atoms with Crippen molar-refractivity contribution in [1.82, 2.24) is 4.98 Å². The number of ether oxygens (including phenoxy) is 2. The van der Waals surface area contributed by atoms with Crippen LogP contribution in [0.1, 0.15) is 0 Å². The highest BCUT2D eigenvalue weighted by Gasteiger charge is 2.19. The van der Waals surface area contributed by atoms with Crippen LogP contribution in [0.3, 0.4) is 0 Å². The number of thioether (sulfide) groups is 1. The number of carboxylic acids is 1. The molecule has 0 saturated carbocycles. The SMILES string of the molecule is O=C(O)CSc1nc(-c2ccccc2)c(-c2ccc3c(c2)OCO3)s1. The van der Waals surface area contributed by atoms with Crippen LogP contribution in [0.5, 0.6) is 11.5 Å². The summed E-state index contributed by atoms with van der Waals surface area (Å²) >= 11 is 2.72. The van der Waals surface area contributed by atoms with Crippen LogP contribution < -0.4 is 9.47 Å². The van der Waals surface area contributed by atoms with Crippen LogP contribution in [0.15, 0.2) is 52.9 Å². The van der Waals surface area contributed by atoms with Crippen LogP contribution in [0, 0.1) is 0 Å².